The van der Waals surface area contributed by atoms with Crippen LogP contribution < -0.4 is 10.6 Å². The van der Waals surface area contributed by atoms with Gasteiger partial charge in [-0.05, 0) is 47.2 Å². The van der Waals surface area contributed by atoms with Crippen molar-refractivity contribution in [3.8, 4) is 0 Å². The number of rotatable bonds is 4. The maximum atomic E-state index is 11.6. The minimum absolute atomic E-state index is 0.123. The summed E-state index contributed by atoms with van der Waals surface area (Å²) < 4.78 is 0. The SMILES string of the molecule is CN1CCCC(NCCC(=O)NC(C)(C)C)C1. The number of likely N-dealkylation sites (N-methyl/N-ethyl adjacent to an activating group) is 1. The van der Waals surface area contributed by atoms with E-state index in [4.69, 9.17) is 0 Å². The van der Waals surface area contributed by atoms with Crippen LogP contribution in [0.25, 0.3) is 0 Å². The predicted octanol–water partition coefficient (Wildman–Crippen LogP) is 0.975. The van der Waals surface area contributed by atoms with Crippen molar-refractivity contribution in [1.82, 2.24) is 15.5 Å². The molecule has 0 aromatic heterocycles. The van der Waals surface area contributed by atoms with Crippen molar-refractivity contribution in [3.05, 3.63) is 0 Å². The average molecular weight is 241 g/mol. The second-order valence-corrected chi connectivity index (χ2v) is 6.10. The molecule has 0 aromatic carbocycles. The Morgan fingerprint density at radius 3 is 2.71 bits per heavy atom. The van der Waals surface area contributed by atoms with Crippen LogP contribution in [-0.4, -0.2) is 49.1 Å². The predicted molar refractivity (Wildman–Crippen MR) is 71.0 cm³/mol. The van der Waals surface area contributed by atoms with Gasteiger partial charge >= 0.3 is 0 Å². The van der Waals surface area contributed by atoms with Crippen molar-refractivity contribution in [1.29, 1.82) is 0 Å². The summed E-state index contributed by atoms with van der Waals surface area (Å²) in [4.78, 5) is 13.9. The van der Waals surface area contributed by atoms with Crippen molar-refractivity contribution in [2.24, 2.45) is 0 Å². The van der Waals surface area contributed by atoms with Crippen molar-refractivity contribution in [3.63, 3.8) is 0 Å². The van der Waals surface area contributed by atoms with Crippen molar-refractivity contribution >= 4 is 5.91 Å². The molecule has 1 unspecified atom stereocenters. The first-order valence-electron chi connectivity index (χ1n) is 6.60. The number of hydrogen-bond acceptors (Lipinski definition) is 3. The molecule has 2 N–H and O–H groups in total. The Bertz CT molecular complexity index is 248. The number of amides is 1. The van der Waals surface area contributed by atoms with E-state index in [2.05, 4.69) is 22.6 Å². The molecule has 1 fully saturated rings. The lowest BCUT2D eigenvalue weighted by Crippen LogP contribution is -2.46. The molecule has 1 heterocycles. The summed E-state index contributed by atoms with van der Waals surface area (Å²) in [6.07, 6.45) is 3.05. The molecule has 17 heavy (non-hydrogen) atoms. The molecule has 1 amide bonds. The van der Waals surface area contributed by atoms with Gasteiger partial charge in [-0.1, -0.05) is 0 Å². The van der Waals surface area contributed by atoms with Gasteiger partial charge in [-0.2, -0.15) is 0 Å². The van der Waals surface area contributed by atoms with Crippen molar-refractivity contribution < 1.29 is 4.79 Å². The monoisotopic (exact) mass is 241 g/mol. The molecule has 0 bridgehead atoms. The van der Waals surface area contributed by atoms with Gasteiger partial charge in [0.05, 0.1) is 0 Å². The summed E-state index contributed by atoms with van der Waals surface area (Å²) in [5.74, 6) is 0.133. The number of carbonyl (C=O) groups excluding carboxylic acids is 1. The van der Waals surface area contributed by atoms with Gasteiger partial charge in [0.1, 0.15) is 0 Å². The third-order valence-corrected chi connectivity index (χ3v) is 2.92. The van der Waals surface area contributed by atoms with E-state index in [1.54, 1.807) is 0 Å². The Kier molecular flexibility index (Phi) is 5.40. The summed E-state index contributed by atoms with van der Waals surface area (Å²) in [7, 11) is 2.15. The van der Waals surface area contributed by atoms with Gasteiger partial charge in [0, 0.05) is 31.1 Å². The fourth-order valence-corrected chi connectivity index (χ4v) is 2.20. The highest BCUT2D eigenvalue weighted by Gasteiger charge is 2.17. The third-order valence-electron chi connectivity index (χ3n) is 2.92. The minimum Gasteiger partial charge on any atom is -0.351 e. The molecule has 0 spiro atoms. The highest BCUT2D eigenvalue weighted by Crippen LogP contribution is 2.07. The highest BCUT2D eigenvalue weighted by atomic mass is 16.1. The Morgan fingerprint density at radius 1 is 1.41 bits per heavy atom. The van der Waals surface area contributed by atoms with Gasteiger partial charge < -0.3 is 15.5 Å². The lowest BCUT2D eigenvalue weighted by molar-refractivity contribution is -0.122. The molecule has 0 aliphatic carbocycles. The van der Waals surface area contributed by atoms with Crippen LogP contribution in [0.2, 0.25) is 0 Å². The summed E-state index contributed by atoms with van der Waals surface area (Å²) >= 11 is 0. The van der Waals surface area contributed by atoms with E-state index in [-0.39, 0.29) is 11.4 Å². The Morgan fingerprint density at radius 2 is 2.12 bits per heavy atom. The molecule has 1 aliphatic heterocycles. The third kappa shape index (κ3) is 6.64. The number of nitrogens with one attached hydrogen (secondary N) is 2. The van der Waals surface area contributed by atoms with Crippen LogP contribution in [0, 0.1) is 0 Å². The number of nitrogens with zero attached hydrogens (tertiary/aromatic N) is 1. The number of piperidine rings is 1. The van der Waals surface area contributed by atoms with E-state index in [9.17, 15) is 4.79 Å². The van der Waals surface area contributed by atoms with E-state index in [0.717, 1.165) is 13.1 Å². The maximum Gasteiger partial charge on any atom is 0.221 e. The molecule has 0 aromatic rings. The second-order valence-electron chi connectivity index (χ2n) is 6.10. The maximum absolute atomic E-state index is 11.6. The fourth-order valence-electron chi connectivity index (χ4n) is 2.20. The second kappa shape index (κ2) is 6.36. The van der Waals surface area contributed by atoms with Crippen molar-refractivity contribution in [2.45, 2.75) is 51.6 Å². The molecule has 1 aliphatic rings. The molecule has 100 valence electrons. The Balaban J connectivity index is 2.13. The Hall–Kier alpha value is -0.610. The van der Waals surface area contributed by atoms with Gasteiger partial charge in [0.2, 0.25) is 5.91 Å². The van der Waals surface area contributed by atoms with Gasteiger partial charge in [-0.15, -0.1) is 0 Å². The van der Waals surface area contributed by atoms with E-state index in [1.807, 2.05) is 20.8 Å². The molecular weight excluding hydrogens is 214 g/mol. The van der Waals surface area contributed by atoms with Crippen LogP contribution in [0.15, 0.2) is 0 Å². The van der Waals surface area contributed by atoms with Crippen LogP contribution in [0.3, 0.4) is 0 Å². The minimum atomic E-state index is -0.123. The lowest BCUT2D eigenvalue weighted by Gasteiger charge is -2.30. The zero-order valence-corrected chi connectivity index (χ0v) is 11.7. The fraction of sp³-hybridized carbons (Fsp3) is 0.923. The topological polar surface area (TPSA) is 44.4 Å². The van der Waals surface area contributed by atoms with Crippen molar-refractivity contribution in [2.75, 3.05) is 26.7 Å². The van der Waals surface area contributed by atoms with Crippen LogP contribution in [0.1, 0.15) is 40.0 Å². The number of likely N-dealkylation sites (tertiary alicyclic amines) is 1. The molecule has 4 nitrogen and oxygen atoms in total. The zero-order chi connectivity index (χ0) is 12.9. The van der Waals surface area contributed by atoms with Gasteiger partial charge in [0.25, 0.3) is 0 Å². The summed E-state index contributed by atoms with van der Waals surface area (Å²) in [5, 5.41) is 6.44. The summed E-state index contributed by atoms with van der Waals surface area (Å²) in [6, 6.07) is 0.552. The van der Waals surface area contributed by atoms with E-state index in [1.165, 1.54) is 19.4 Å². The molecule has 1 saturated heterocycles. The quantitative estimate of drug-likeness (QED) is 0.771. The smallest absolute Gasteiger partial charge is 0.221 e. The largest absolute Gasteiger partial charge is 0.351 e. The van der Waals surface area contributed by atoms with Gasteiger partial charge in [0.15, 0.2) is 0 Å². The summed E-state index contributed by atoms with van der Waals surface area (Å²) in [5.41, 5.74) is -0.123. The highest BCUT2D eigenvalue weighted by molar-refractivity contribution is 5.76. The molecule has 4 heteroatoms. The normalized spacial score (nSPS) is 22.5. The van der Waals surface area contributed by atoms with E-state index in [0.29, 0.717) is 12.5 Å². The average Bonchev–Trinajstić information content (AvgIpc) is 2.14. The first-order chi connectivity index (χ1) is 7.87. The first-order valence-corrected chi connectivity index (χ1v) is 6.60. The summed E-state index contributed by atoms with van der Waals surface area (Å²) in [6.45, 7) is 9.10. The van der Waals surface area contributed by atoms with Crippen LogP contribution in [0.4, 0.5) is 0 Å². The van der Waals surface area contributed by atoms with Gasteiger partial charge in [-0.25, -0.2) is 0 Å². The van der Waals surface area contributed by atoms with Crippen LogP contribution in [-0.2, 0) is 4.79 Å². The van der Waals surface area contributed by atoms with Crippen LogP contribution >= 0.6 is 0 Å². The lowest BCUT2D eigenvalue weighted by atomic mass is 10.1. The first kappa shape index (κ1) is 14.5. The van der Waals surface area contributed by atoms with E-state index < -0.39 is 0 Å². The van der Waals surface area contributed by atoms with E-state index >= 15 is 0 Å². The zero-order valence-electron chi connectivity index (χ0n) is 11.7. The number of carbonyl (C=O) groups is 1. The molecule has 1 atom stereocenters. The molecule has 0 saturated carbocycles. The number of hydrogen-bond donors (Lipinski definition) is 2. The molecule has 1 rings (SSSR count). The van der Waals surface area contributed by atoms with Gasteiger partial charge in [-0.3, -0.25) is 4.79 Å². The Labute approximate surface area is 105 Å². The van der Waals surface area contributed by atoms with Crippen LogP contribution in [0.5, 0.6) is 0 Å². The molecular formula is C13H27N3O. The standard InChI is InChI=1S/C13H27N3O/c1-13(2,3)15-12(17)7-8-14-11-6-5-9-16(4)10-11/h11,14H,5-10H2,1-4H3,(H,15,17). The molecule has 0 radical (unpaired) electrons.